The number of hydrogen-bond acceptors (Lipinski definition) is 7. The Hall–Kier alpha value is -3.07. The Bertz CT molecular complexity index is 859. The molecular weight excluding hydrogens is 346 g/mol. The van der Waals surface area contributed by atoms with Crippen molar-refractivity contribution in [2.24, 2.45) is 10.2 Å². The Kier molecular flexibility index (Phi) is 5.14. The summed E-state index contributed by atoms with van der Waals surface area (Å²) in [5.74, 6) is -0.0792. The van der Waals surface area contributed by atoms with Gasteiger partial charge in [0.2, 0.25) is 11.7 Å². The van der Waals surface area contributed by atoms with E-state index in [1.807, 2.05) is 6.07 Å². The number of benzene rings is 1. The Morgan fingerprint density at radius 1 is 1.36 bits per heavy atom. The summed E-state index contributed by atoms with van der Waals surface area (Å²) in [6, 6.07) is 10.1. The number of amidine groups is 1. The number of nitrogens with zero attached hydrogens (tertiary/aromatic N) is 2. The first-order valence-electron chi connectivity index (χ1n) is 7.19. The fraction of sp³-hybridized carbons (Fsp3) is 0.125. The molecule has 9 heteroatoms. The van der Waals surface area contributed by atoms with Crippen LogP contribution in [0.2, 0.25) is 0 Å². The van der Waals surface area contributed by atoms with E-state index < -0.39 is 5.97 Å². The largest absolute Gasteiger partial charge is 0.485 e. The molecule has 0 unspecified atom stereocenters. The van der Waals surface area contributed by atoms with Gasteiger partial charge in [0, 0.05) is 5.56 Å². The van der Waals surface area contributed by atoms with Crippen LogP contribution in [0, 0.1) is 0 Å². The maximum atomic E-state index is 11.1. The lowest BCUT2D eigenvalue weighted by Gasteiger charge is -2.06. The second kappa shape index (κ2) is 7.67. The minimum Gasteiger partial charge on any atom is -0.485 e. The zero-order valence-electron chi connectivity index (χ0n) is 12.8. The first kappa shape index (κ1) is 16.8. The van der Waals surface area contributed by atoms with Crippen molar-refractivity contribution >= 4 is 35.0 Å². The molecular formula is C16H13N3O5S. The molecule has 3 rings (SSSR count). The maximum Gasteiger partial charge on any atom is 0.371 e. The van der Waals surface area contributed by atoms with Crippen LogP contribution < -0.4 is 10.1 Å². The summed E-state index contributed by atoms with van der Waals surface area (Å²) in [4.78, 5) is 21.9. The predicted molar refractivity (Wildman–Crippen MR) is 92.1 cm³/mol. The molecule has 2 heterocycles. The molecule has 1 amide bonds. The van der Waals surface area contributed by atoms with Gasteiger partial charge >= 0.3 is 5.97 Å². The number of carboxylic acid groups (broad SMARTS) is 1. The van der Waals surface area contributed by atoms with Gasteiger partial charge in [0.25, 0.3) is 0 Å². The summed E-state index contributed by atoms with van der Waals surface area (Å²) in [7, 11) is 0. The maximum absolute atomic E-state index is 11.1. The van der Waals surface area contributed by atoms with E-state index in [0.717, 1.165) is 0 Å². The molecule has 1 fully saturated rings. The molecule has 0 aliphatic carbocycles. The number of thioether (sulfide) groups is 1. The highest BCUT2D eigenvalue weighted by molar-refractivity contribution is 8.15. The fourth-order valence-electron chi connectivity index (χ4n) is 1.96. The van der Waals surface area contributed by atoms with Gasteiger partial charge in [-0.05, 0) is 24.3 Å². The second-order valence-corrected chi connectivity index (χ2v) is 5.85. The summed E-state index contributed by atoms with van der Waals surface area (Å²) in [6.07, 6.45) is 1.51. The van der Waals surface area contributed by atoms with E-state index in [0.29, 0.717) is 28.0 Å². The highest BCUT2D eigenvalue weighted by Gasteiger charge is 2.16. The molecule has 0 spiro atoms. The summed E-state index contributed by atoms with van der Waals surface area (Å²) >= 11 is 1.29. The Labute approximate surface area is 146 Å². The number of hydrogen-bond donors (Lipinski definition) is 2. The Morgan fingerprint density at radius 3 is 2.92 bits per heavy atom. The number of carboxylic acids is 1. The molecule has 2 N–H and O–H groups in total. The molecule has 1 aliphatic rings. The van der Waals surface area contributed by atoms with Crippen LogP contribution in [-0.2, 0) is 11.4 Å². The van der Waals surface area contributed by atoms with Crippen molar-refractivity contribution in [1.82, 2.24) is 5.32 Å². The van der Waals surface area contributed by atoms with Gasteiger partial charge in [0.1, 0.15) is 18.1 Å². The quantitative estimate of drug-likeness (QED) is 0.603. The van der Waals surface area contributed by atoms with Crippen molar-refractivity contribution in [1.29, 1.82) is 0 Å². The van der Waals surface area contributed by atoms with Crippen LogP contribution in [0.15, 0.2) is 51.0 Å². The minimum atomic E-state index is -1.13. The van der Waals surface area contributed by atoms with Crippen LogP contribution in [-0.4, -0.2) is 34.1 Å². The molecule has 2 aromatic rings. The average Bonchev–Trinajstić information content (AvgIpc) is 3.23. The zero-order valence-corrected chi connectivity index (χ0v) is 13.7. The van der Waals surface area contributed by atoms with Gasteiger partial charge in [-0.2, -0.15) is 5.10 Å². The van der Waals surface area contributed by atoms with Gasteiger partial charge in [-0.15, -0.1) is 5.10 Å². The number of carbonyl (C=O) groups is 2. The smallest absolute Gasteiger partial charge is 0.371 e. The van der Waals surface area contributed by atoms with Gasteiger partial charge in [-0.3, -0.25) is 4.79 Å². The lowest BCUT2D eigenvalue weighted by Crippen LogP contribution is -2.19. The third-order valence-electron chi connectivity index (χ3n) is 3.09. The number of aromatic carboxylic acids is 1. The molecule has 8 nitrogen and oxygen atoms in total. The van der Waals surface area contributed by atoms with E-state index in [4.69, 9.17) is 14.3 Å². The molecule has 0 radical (unpaired) electrons. The standard InChI is InChI=1S/C16H13N3O5S/c20-14-9-25-16(18-14)19-17-7-10-3-1-2-4-12(10)23-8-11-5-6-13(24-11)15(21)22/h1-7H,8-9H2,(H,21,22)(H,18,19,20). The highest BCUT2D eigenvalue weighted by atomic mass is 32.2. The number of nitrogens with one attached hydrogen (secondary N) is 1. The fourth-order valence-corrected chi connectivity index (χ4v) is 2.59. The van der Waals surface area contributed by atoms with Gasteiger partial charge < -0.3 is 19.6 Å². The molecule has 0 saturated carbocycles. The molecule has 1 aromatic carbocycles. The van der Waals surface area contributed by atoms with Crippen molar-refractivity contribution in [2.75, 3.05) is 5.75 Å². The number of para-hydroxylation sites is 1. The summed E-state index contributed by atoms with van der Waals surface area (Å²) < 4.78 is 10.8. The van der Waals surface area contributed by atoms with Crippen LogP contribution in [0.1, 0.15) is 21.9 Å². The highest BCUT2D eigenvalue weighted by Crippen LogP contribution is 2.19. The van der Waals surface area contributed by atoms with Crippen LogP contribution in [0.25, 0.3) is 0 Å². The molecule has 1 aliphatic heterocycles. The monoisotopic (exact) mass is 359 g/mol. The average molecular weight is 359 g/mol. The number of rotatable bonds is 6. The number of ether oxygens (including phenoxy) is 1. The third kappa shape index (κ3) is 4.48. The normalized spacial score (nSPS) is 15.7. The first-order chi connectivity index (χ1) is 12.1. The first-order valence-corrected chi connectivity index (χ1v) is 8.18. The van der Waals surface area contributed by atoms with Crippen molar-refractivity contribution in [3.63, 3.8) is 0 Å². The number of furan rings is 1. The van der Waals surface area contributed by atoms with E-state index in [1.165, 1.54) is 24.0 Å². The van der Waals surface area contributed by atoms with Crippen molar-refractivity contribution in [3.8, 4) is 5.75 Å². The number of carbonyl (C=O) groups excluding carboxylic acids is 1. The molecule has 1 saturated heterocycles. The summed E-state index contributed by atoms with van der Waals surface area (Å²) in [5, 5.41) is 19.8. The molecule has 1 aromatic heterocycles. The number of amides is 1. The predicted octanol–water partition coefficient (Wildman–Crippen LogP) is 2.11. The van der Waals surface area contributed by atoms with E-state index >= 15 is 0 Å². The van der Waals surface area contributed by atoms with Crippen LogP contribution in [0.5, 0.6) is 5.75 Å². The van der Waals surface area contributed by atoms with Crippen molar-refractivity contribution in [2.45, 2.75) is 6.61 Å². The van der Waals surface area contributed by atoms with Gasteiger partial charge in [0.15, 0.2) is 5.17 Å². The van der Waals surface area contributed by atoms with E-state index in [9.17, 15) is 9.59 Å². The van der Waals surface area contributed by atoms with Gasteiger partial charge in [0.05, 0.1) is 12.0 Å². The molecule has 128 valence electrons. The second-order valence-electron chi connectivity index (χ2n) is 4.88. The van der Waals surface area contributed by atoms with E-state index in [2.05, 4.69) is 15.5 Å². The molecule has 0 atom stereocenters. The van der Waals surface area contributed by atoms with Gasteiger partial charge in [-0.25, -0.2) is 4.79 Å². The lowest BCUT2D eigenvalue weighted by molar-refractivity contribution is -0.116. The molecule has 0 bridgehead atoms. The van der Waals surface area contributed by atoms with Crippen molar-refractivity contribution in [3.05, 3.63) is 53.5 Å². The summed E-state index contributed by atoms with van der Waals surface area (Å²) in [6.45, 7) is 0.0819. The summed E-state index contributed by atoms with van der Waals surface area (Å²) in [5.41, 5.74) is 0.686. The van der Waals surface area contributed by atoms with Gasteiger partial charge in [-0.1, -0.05) is 23.9 Å². The lowest BCUT2D eigenvalue weighted by atomic mass is 10.2. The van der Waals surface area contributed by atoms with Crippen LogP contribution in [0.4, 0.5) is 0 Å². The topological polar surface area (TPSA) is 113 Å². The van der Waals surface area contributed by atoms with Crippen LogP contribution >= 0.6 is 11.8 Å². The SMILES string of the molecule is O=C1CSC(=NN=Cc2ccccc2OCc2ccc(C(=O)O)o2)N1. The third-order valence-corrected chi connectivity index (χ3v) is 3.96. The zero-order chi connectivity index (χ0) is 17.6. The van der Waals surface area contributed by atoms with E-state index in [1.54, 1.807) is 24.3 Å². The minimum absolute atomic E-state index is 0.0819. The molecule has 25 heavy (non-hydrogen) atoms. The van der Waals surface area contributed by atoms with Crippen LogP contribution in [0.3, 0.4) is 0 Å². The van der Waals surface area contributed by atoms with Crippen molar-refractivity contribution < 1.29 is 23.8 Å². The van der Waals surface area contributed by atoms with E-state index in [-0.39, 0.29) is 18.3 Å². The Balaban J connectivity index is 1.66. The Morgan fingerprint density at radius 2 is 2.20 bits per heavy atom.